The van der Waals surface area contributed by atoms with E-state index in [9.17, 15) is 0 Å². The first-order valence-electron chi connectivity index (χ1n) is 6.86. The summed E-state index contributed by atoms with van der Waals surface area (Å²) in [5.74, 6) is 0.885. The molecule has 94 valence electrons. The summed E-state index contributed by atoms with van der Waals surface area (Å²) < 4.78 is 0. The fraction of sp³-hybridized carbons (Fsp3) is 1.00. The molecule has 0 spiro atoms. The lowest BCUT2D eigenvalue weighted by Crippen LogP contribution is -2.44. The van der Waals surface area contributed by atoms with Crippen LogP contribution in [0.15, 0.2) is 0 Å². The van der Waals surface area contributed by atoms with Gasteiger partial charge in [0.1, 0.15) is 0 Å². The maximum absolute atomic E-state index is 2.72. The average Bonchev–Trinajstić information content (AvgIpc) is 2.58. The molecule has 0 amide bonds. The van der Waals surface area contributed by atoms with Crippen molar-refractivity contribution >= 4 is 0 Å². The van der Waals surface area contributed by atoms with Crippen molar-refractivity contribution in [3.05, 3.63) is 0 Å². The number of rotatable bonds is 1. The van der Waals surface area contributed by atoms with E-state index in [1.54, 1.807) is 0 Å². The summed E-state index contributed by atoms with van der Waals surface area (Å²) in [6, 6.07) is 1.56. The molecule has 2 aliphatic rings. The quantitative estimate of drug-likeness (QED) is 0.676. The van der Waals surface area contributed by atoms with E-state index in [1.165, 1.54) is 32.6 Å². The van der Waals surface area contributed by atoms with E-state index in [0.29, 0.717) is 11.5 Å². The number of hydrogen-bond acceptors (Lipinski definition) is 2. The third-order valence-electron chi connectivity index (χ3n) is 4.58. The molecule has 16 heavy (non-hydrogen) atoms. The minimum absolute atomic E-state index is 0.482. The van der Waals surface area contributed by atoms with Gasteiger partial charge in [-0.2, -0.15) is 0 Å². The molecule has 2 nitrogen and oxygen atoms in total. The maximum atomic E-state index is 2.72. The van der Waals surface area contributed by atoms with Gasteiger partial charge in [-0.25, -0.2) is 0 Å². The molecule has 0 aromatic heterocycles. The zero-order valence-corrected chi connectivity index (χ0v) is 11.7. The van der Waals surface area contributed by atoms with E-state index in [1.807, 2.05) is 0 Å². The first kappa shape index (κ1) is 12.4. The standard InChI is InChI=1S/C14H28N2/c1-11(2)15-9-13-7-6-12(14(3,4)5)8-16(13)10-15/h11-13H,6-10H2,1-5H3. The zero-order chi connectivity index (χ0) is 11.9. The Morgan fingerprint density at radius 3 is 2.31 bits per heavy atom. The van der Waals surface area contributed by atoms with Crippen molar-refractivity contribution in [1.82, 2.24) is 9.80 Å². The SMILES string of the molecule is CC(C)N1CC2CCC(C(C)(C)C)CN2C1. The highest BCUT2D eigenvalue weighted by molar-refractivity contribution is 4.92. The molecule has 2 unspecified atom stereocenters. The minimum atomic E-state index is 0.482. The molecule has 0 radical (unpaired) electrons. The first-order valence-corrected chi connectivity index (χ1v) is 6.86. The highest BCUT2D eigenvalue weighted by atomic mass is 15.4. The van der Waals surface area contributed by atoms with Crippen molar-refractivity contribution in [2.75, 3.05) is 19.8 Å². The third-order valence-corrected chi connectivity index (χ3v) is 4.58. The van der Waals surface area contributed by atoms with Gasteiger partial charge in [0.05, 0.1) is 6.67 Å². The van der Waals surface area contributed by atoms with E-state index in [4.69, 9.17) is 0 Å². The Kier molecular flexibility index (Phi) is 3.33. The van der Waals surface area contributed by atoms with Gasteiger partial charge in [0, 0.05) is 25.2 Å². The van der Waals surface area contributed by atoms with Crippen LogP contribution in [0, 0.1) is 11.3 Å². The van der Waals surface area contributed by atoms with Crippen LogP contribution in [-0.4, -0.2) is 41.6 Å². The molecule has 0 saturated carbocycles. The summed E-state index contributed by atoms with van der Waals surface area (Å²) >= 11 is 0. The van der Waals surface area contributed by atoms with Gasteiger partial charge in [0.2, 0.25) is 0 Å². The second-order valence-electron chi connectivity index (χ2n) is 7.07. The minimum Gasteiger partial charge on any atom is -0.287 e. The summed E-state index contributed by atoms with van der Waals surface area (Å²) in [4.78, 5) is 5.34. The van der Waals surface area contributed by atoms with Crippen LogP contribution in [0.3, 0.4) is 0 Å². The monoisotopic (exact) mass is 224 g/mol. The first-order chi connectivity index (χ1) is 7.38. The van der Waals surface area contributed by atoms with Crippen LogP contribution in [0.1, 0.15) is 47.5 Å². The number of nitrogens with zero attached hydrogens (tertiary/aromatic N) is 2. The zero-order valence-electron chi connectivity index (χ0n) is 11.7. The van der Waals surface area contributed by atoms with Crippen molar-refractivity contribution < 1.29 is 0 Å². The fourth-order valence-corrected chi connectivity index (χ4v) is 3.12. The van der Waals surface area contributed by atoms with Crippen LogP contribution in [0.4, 0.5) is 0 Å². The molecule has 2 atom stereocenters. The Bertz CT molecular complexity index is 242. The summed E-state index contributed by atoms with van der Waals surface area (Å²) in [6.07, 6.45) is 2.84. The molecule has 2 heteroatoms. The number of fused-ring (bicyclic) bond motifs is 1. The maximum Gasteiger partial charge on any atom is 0.0512 e. The van der Waals surface area contributed by atoms with E-state index < -0.39 is 0 Å². The van der Waals surface area contributed by atoms with Gasteiger partial charge in [-0.05, 0) is 38.0 Å². The lowest BCUT2D eigenvalue weighted by atomic mass is 9.75. The van der Waals surface area contributed by atoms with Crippen LogP contribution < -0.4 is 0 Å². The smallest absolute Gasteiger partial charge is 0.0512 e. The van der Waals surface area contributed by atoms with Crippen molar-refractivity contribution in [2.24, 2.45) is 11.3 Å². The van der Waals surface area contributed by atoms with E-state index in [2.05, 4.69) is 44.4 Å². The van der Waals surface area contributed by atoms with Crippen molar-refractivity contribution in [2.45, 2.75) is 59.5 Å². The van der Waals surface area contributed by atoms with Gasteiger partial charge in [0.15, 0.2) is 0 Å². The molecule has 2 aliphatic heterocycles. The molecule has 2 heterocycles. The third kappa shape index (κ3) is 2.43. The van der Waals surface area contributed by atoms with E-state index >= 15 is 0 Å². The fourth-order valence-electron chi connectivity index (χ4n) is 3.12. The van der Waals surface area contributed by atoms with Crippen LogP contribution in [0.2, 0.25) is 0 Å². The molecule has 0 N–H and O–H groups in total. The van der Waals surface area contributed by atoms with Crippen LogP contribution in [-0.2, 0) is 0 Å². The summed E-state index contributed by atoms with van der Waals surface area (Å²) in [7, 11) is 0. The molecule has 0 aliphatic carbocycles. The molecule has 2 rings (SSSR count). The topological polar surface area (TPSA) is 6.48 Å². The molecular weight excluding hydrogens is 196 g/mol. The van der Waals surface area contributed by atoms with Gasteiger partial charge in [-0.1, -0.05) is 20.8 Å². The average molecular weight is 224 g/mol. The van der Waals surface area contributed by atoms with Gasteiger partial charge >= 0.3 is 0 Å². The lowest BCUT2D eigenvalue weighted by molar-refractivity contribution is 0.0766. The highest BCUT2D eigenvalue weighted by Crippen LogP contribution is 2.37. The molecule has 0 bridgehead atoms. The Morgan fingerprint density at radius 1 is 1.06 bits per heavy atom. The normalized spacial score (nSPS) is 33.4. The Morgan fingerprint density at radius 2 is 1.75 bits per heavy atom. The van der Waals surface area contributed by atoms with Crippen molar-refractivity contribution in [3.8, 4) is 0 Å². The second-order valence-corrected chi connectivity index (χ2v) is 7.07. The molecule has 2 fully saturated rings. The van der Waals surface area contributed by atoms with Gasteiger partial charge in [0.25, 0.3) is 0 Å². The predicted octanol–water partition coefficient (Wildman–Crippen LogP) is 2.79. The van der Waals surface area contributed by atoms with Crippen LogP contribution in [0.5, 0.6) is 0 Å². The Labute approximate surface area is 101 Å². The van der Waals surface area contributed by atoms with Crippen molar-refractivity contribution in [1.29, 1.82) is 0 Å². The predicted molar refractivity (Wildman–Crippen MR) is 69.4 cm³/mol. The molecule has 2 saturated heterocycles. The van der Waals surface area contributed by atoms with Gasteiger partial charge in [-0.3, -0.25) is 9.80 Å². The highest BCUT2D eigenvalue weighted by Gasteiger charge is 2.39. The second kappa shape index (κ2) is 4.30. The summed E-state index contributed by atoms with van der Waals surface area (Å²) in [5, 5.41) is 0. The van der Waals surface area contributed by atoms with Crippen molar-refractivity contribution in [3.63, 3.8) is 0 Å². The lowest BCUT2D eigenvalue weighted by Gasteiger charge is -2.40. The number of piperidine rings is 1. The van der Waals surface area contributed by atoms with E-state index in [0.717, 1.165) is 12.0 Å². The molecule has 0 aromatic rings. The summed E-state index contributed by atoms with van der Waals surface area (Å²) in [6.45, 7) is 15.6. The largest absolute Gasteiger partial charge is 0.287 e. The summed E-state index contributed by atoms with van der Waals surface area (Å²) in [5.41, 5.74) is 0.482. The Hall–Kier alpha value is -0.0800. The molecular formula is C14H28N2. The molecule has 0 aromatic carbocycles. The van der Waals surface area contributed by atoms with Crippen LogP contribution >= 0.6 is 0 Å². The van der Waals surface area contributed by atoms with Gasteiger partial charge in [-0.15, -0.1) is 0 Å². The van der Waals surface area contributed by atoms with Gasteiger partial charge < -0.3 is 0 Å². The van der Waals surface area contributed by atoms with Crippen LogP contribution in [0.25, 0.3) is 0 Å². The number of hydrogen-bond donors (Lipinski definition) is 0. The van der Waals surface area contributed by atoms with E-state index in [-0.39, 0.29) is 0 Å². The Balaban J connectivity index is 1.96.